The van der Waals surface area contributed by atoms with Gasteiger partial charge in [0.15, 0.2) is 0 Å². The van der Waals surface area contributed by atoms with Gasteiger partial charge in [0.1, 0.15) is 11.5 Å². The SMILES string of the molecule is CSNc1cccc(NC(=O)c2cc(C(=O)Nc3ccc(Oc4ccccc4)cc3)cs2)c1. The number of anilines is 3. The van der Waals surface area contributed by atoms with Crippen molar-refractivity contribution in [2.45, 2.75) is 0 Å². The largest absolute Gasteiger partial charge is 0.457 e. The monoisotopic (exact) mass is 475 g/mol. The summed E-state index contributed by atoms with van der Waals surface area (Å²) in [7, 11) is 0. The van der Waals surface area contributed by atoms with E-state index in [9.17, 15) is 9.59 Å². The molecular formula is C25H21N3O3S2. The van der Waals surface area contributed by atoms with Gasteiger partial charge in [-0.1, -0.05) is 36.2 Å². The first kappa shape index (κ1) is 22.4. The van der Waals surface area contributed by atoms with Crippen LogP contribution in [-0.2, 0) is 0 Å². The van der Waals surface area contributed by atoms with E-state index in [0.29, 0.717) is 27.6 Å². The Hall–Kier alpha value is -3.75. The van der Waals surface area contributed by atoms with E-state index in [0.717, 1.165) is 11.4 Å². The molecule has 3 N–H and O–H groups in total. The van der Waals surface area contributed by atoms with Crippen molar-refractivity contribution in [1.29, 1.82) is 0 Å². The minimum Gasteiger partial charge on any atom is -0.457 e. The maximum absolute atomic E-state index is 12.6. The number of hydrogen-bond acceptors (Lipinski definition) is 6. The molecule has 166 valence electrons. The van der Waals surface area contributed by atoms with Gasteiger partial charge in [0.25, 0.3) is 11.8 Å². The van der Waals surface area contributed by atoms with Gasteiger partial charge < -0.3 is 20.1 Å². The molecule has 0 aliphatic carbocycles. The fourth-order valence-electron chi connectivity index (χ4n) is 2.98. The summed E-state index contributed by atoms with van der Waals surface area (Å²) in [6.45, 7) is 0. The van der Waals surface area contributed by atoms with Crippen LogP contribution in [0.25, 0.3) is 0 Å². The number of amides is 2. The van der Waals surface area contributed by atoms with Crippen molar-refractivity contribution in [3.63, 3.8) is 0 Å². The zero-order chi connectivity index (χ0) is 23.0. The number of hydrogen-bond donors (Lipinski definition) is 3. The number of carbonyl (C=O) groups is 2. The van der Waals surface area contributed by atoms with Crippen LogP contribution in [-0.4, -0.2) is 18.1 Å². The first-order valence-electron chi connectivity index (χ1n) is 10.0. The first-order chi connectivity index (χ1) is 16.1. The number of nitrogens with one attached hydrogen (secondary N) is 3. The van der Waals surface area contributed by atoms with E-state index in [1.165, 1.54) is 23.3 Å². The Morgan fingerprint density at radius 3 is 2.21 bits per heavy atom. The molecule has 33 heavy (non-hydrogen) atoms. The number of ether oxygens (including phenoxy) is 1. The molecule has 8 heteroatoms. The van der Waals surface area contributed by atoms with Crippen LogP contribution in [0.3, 0.4) is 0 Å². The third-order valence-electron chi connectivity index (χ3n) is 4.52. The van der Waals surface area contributed by atoms with E-state index in [1.807, 2.05) is 60.9 Å². The van der Waals surface area contributed by atoms with Crippen molar-refractivity contribution in [2.24, 2.45) is 0 Å². The van der Waals surface area contributed by atoms with Crippen LogP contribution in [0.5, 0.6) is 11.5 Å². The maximum atomic E-state index is 12.6. The Bertz CT molecular complexity index is 1240. The molecule has 0 aliphatic rings. The summed E-state index contributed by atoms with van der Waals surface area (Å²) in [5.74, 6) is 0.868. The Morgan fingerprint density at radius 2 is 1.45 bits per heavy atom. The molecule has 0 saturated carbocycles. The van der Waals surface area contributed by atoms with Gasteiger partial charge in [-0.2, -0.15) is 0 Å². The third-order valence-corrected chi connectivity index (χ3v) is 5.89. The summed E-state index contributed by atoms with van der Waals surface area (Å²) in [4.78, 5) is 25.7. The summed E-state index contributed by atoms with van der Waals surface area (Å²) in [5, 5.41) is 7.37. The van der Waals surface area contributed by atoms with Crippen molar-refractivity contribution < 1.29 is 14.3 Å². The average Bonchev–Trinajstić information content (AvgIpc) is 3.32. The second-order valence-electron chi connectivity index (χ2n) is 6.93. The summed E-state index contributed by atoms with van der Waals surface area (Å²) in [5.41, 5.74) is 2.63. The smallest absolute Gasteiger partial charge is 0.265 e. The van der Waals surface area contributed by atoms with Gasteiger partial charge in [0.2, 0.25) is 0 Å². The minimum absolute atomic E-state index is 0.261. The van der Waals surface area contributed by atoms with Crippen LogP contribution in [0.1, 0.15) is 20.0 Å². The fraction of sp³-hybridized carbons (Fsp3) is 0.0400. The highest BCUT2D eigenvalue weighted by atomic mass is 32.2. The average molecular weight is 476 g/mol. The molecule has 0 unspecified atom stereocenters. The molecule has 0 fully saturated rings. The maximum Gasteiger partial charge on any atom is 0.265 e. The molecule has 0 bridgehead atoms. The predicted molar refractivity (Wildman–Crippen MR) is 137 cm³/mol. The lowest BCUT2D eigenvalue weighted by Gasteiger charge is -2.08. The zero-order valence-corrected chi connectivity index (χ0v) is 19.3. The number of rotatable bonds is 8. The lowest BCUT2D eigenvalue weighted by Crippen LogP contribution is -2.12. The number of para-hydroxylation sites is 1. The molecule has 0 radical (unpaired) electrons. The van der Waals surface area contributed by atoms with Gasteiger partial charge in [0, 0.05) is 28.7 Å². The van der Waals surface area contributed by atoms with Crippen LogP contribution in [0, 0.1) is 0 Å². The van der Waals surface area contributed by atoms with Crippen molar-refractivity contribution in [1.82, 2.24) is 0 Å². The van der Waals surface area contributed by atoms with E-state index in [2.05, 4.69) is 15.4 Å². The van der Waals surface area contributed by atoms with Gasteiger partial charge >= 0.3 is 0 Å². The zero-order valence-electron chi connectivity index (χ0n) is 17.7. The molecule has 4 aromatic rings. The highest BCUT2D eigenvalue weighted by Gasteiger charge is 2.14. The summed E-state index contributed by atoms with van der Waals surface area (Å²) in [6.07, 6.45) is 1.93. The number of thiophene rings is 1. The van der Waals surface area contributed by atoms with Gasteiger partial charge in [-0.25, -0.2) is 0 Å². The Labute approximate surface area is 200 Å². The van der Waals surface area contributed by atoms with Gasteiger partial charge in [0.05, 0.1) is 10.4 Å². The number of benzene rings is 3. The fourth-order valence-corrected chi connectivity index (χ4v) is 4.12. The van der Waals surface area contributed by atoms with Gasteiger partial charge in [-0.15, -0.1) is 11.3 Å². The van der Waals surface area contributed by atoms with E-state index in [1.54, 1.807) is 35.7 Å². The minimum atomic E-state index is -0.284. The van der Waals surface area contributed by atoms with Crippen LogP contribution in [0.4, 0.5) is 17.1 Å². The van der Waals surface area contributed by atoms with E-state index >= 15 is 0 Å². The van der Waals surface area contributed by atoms with Crippen LogP contribution < -0.4 is 20.1 Å². The van der Waals surface area contributed by atoms with Crippen molar-refractivity contribution in [3.05, 3.63) is 101 Å². The van der Waals surface area contributed by atoms with Gasteiger partial charge in [-0.05, 0) is 60.7 Å². The Morgan fingerprint density at radius 1 is 0.758 bits per heavy atom. The highest BCUT2D eigenvalue weighted by Crippen LogP contribution is 2.24. The molecule has 4 rings (SSSR count). The molecule has 0 spiro atoms. The molecule has 2 amide bonds. The molecule has 1 heterocycles. The molecular weight excluding hydrogens is 454 g/mol. The molecule has 3 aromatic carbocycles. The Kier molecular flexibility index (Phi) is 7.29. The second kappa shape index (κ2) is 10.7. The normalized spacial score (nSPS) is 10.3. The van der Waals surface area contributed by atoms with Crippen LogP contribution >= 0.6 is 23.3 Å². The topological polar surface area (TPSA) is 79.5 Å². The molecule has 1 aromatic heterocycles. The predicted octanol–water partition coefficient (Wildman–Crippen LogP) is 6.73. The van der Waals surface area contributed by atoms with E-state index in [4.69, 9.17) is 4.74 Å². The third kappa shape index (κ3) is 6.15. The molecule has 0 aliphatic heterocycles. The van der Waals surface area contributed by atoms with Crippen molar-refractivity contribution in [2.75, 3.05) is 21.6 Å². The molecule has 0 atom stereocenters. The van der Waals surface area contributed by atoms with E-state index in [-0.39, 0.29) is 11.8 Å². The molecule has 6 nitrogen and oxygen atoms in total. The first-order valence-corrected chi connectivity index (χ1v) is 12.1. The second-order valence-corrected chi connectivity index (χ2v) is 8.46. The van der Waals surface area contributed by atoms with Crippen molar-refractivity contribution >= 4 is 52.2 Å². The van der Waals surface area contributed by atoms with Gasteiger partial charge in [-0.3, -0.25) is 9.59 Å². The summed E-state index contributed by atoms with van der Waals surface area (Å²) < 4.78 is 8.89. The summed E-state index contributed by atoms with van der Waals surface area (Å²) >= 11 is 2.70. The molecule has 0 saturated heterocycles. The van der Waals surface area contributed by atoms with Crippen molar-refractivity contribution in [3.8, 4) is 11.5 Å². The lowest BCUT2D eigenvalue weighted by molar-refractivity contribution is 0.102. The van der Waals surface area contributed by atoms with E-state index < -0.39 is 0 Å². The Balaban J connectivity index is 1.35. The summed E-state index contributed by atoms with van der Waals surface area (Å²) in [6, 6.07) is 25.6. The standard InChI is InChI=1S/C25H21N3O3S2/c1-32-28-20-7-5-6-19(15-20)27-25(30)23-14-17(16-33-23)24(29)26-18-10-12-22(13-11-18)31-21-8-3-2-4-9-21/h2-16,28H,1H3,(H,26,29)(H,27,30). The van der Waals surface area contributed by atoms with Crippen LogP contribution in [0.2, 0.25) is 0 Å². The highest BCUT2D eigenvalue weighted by molar-refractivity contribution is 7.99. The number of carbonyl (C=O) groups excluding carboxylic acids is 2. The lowest BCUT2D eigenvalue weighted by atomic mass is 10.2. The quantitative estimate of drug-likeness (QED) is 0.246. The van der Waals surface area contributed by atoms with Crippen LogP contribution in [0.15, 0.2) is 90.3 Å².